The fraction of sp³-hybridized carbons (Fsp3) is 0.500. The lowest BCUT2D eigenvalue weighted by molar-refractivity contribution is -0.606. The van der Waals surface area contributed by atoms with E-state index in [-0.39, 0.29) is 12.1 Å². The highest BCUT2D eigenvalue weighted by molar-refractivity contribution is 5.68. The molecule has 0 aliphatic rings. The SMILES string of the molecule is CN(C(=O)OCc1ccc[n+]([O-])c1)C(C)(C)C. The van der Waals surface area contributed by atoms with Crippen molar-refractivity contribution in [2.75, 3.05) is 7.05 Å². The molecule has 0 fully saturated rings. The van der Waals surface area contributed by atoms with E-state index in [4.69, 9.17) is 4.74 Å². The van der Waals surface area contributed by atoms with Crippen LogP contribution in [-0.2, 0) is 11.3 Å². The Hall–Kier alpha value is -1.78. The number of pyridine rings is 1. The number of aromatic nitrogens is 1. The van der Waals surface area contributed by atoms with Crippen molar-refractivity contribution in [3.63, 3.8) is 0 Å². The molecule has 0 unspecified atom stereocenters. The Morgan fingerprint density at radius 2 is 2.18 bits per heavy atom. The highest BCUT2D eigenvalue weighted by Crippen LogP contribution is 2.12. The third kappa shape index (κ3) is 3.94. The maximum atomic E-state index is 11.7. The fourth-order valence-electron chi connectivity index (χ4n) is 1.10. The van der Waals surface area contributed by atoms with Crippen molar-refractivity contribution in [1.29, 1.82) is 0 Å². The highest BCUT2D eigenvalue weighted by Gasteiger charge is 2.23. The van der Waals surface area contributed by atoms with Crippen molar-refractivity contribution in [3.05, 3.63) is 35.3 Å². The second kappa shape index (κ2) is 5.03. The van der Waals surface area contributed by atoms with Gasteiger partial charge in [-0.3, -0.25) is 0 Å². The Balaban J connectivity index is 2.54. The van der Waals surface area contributed by atoms with Crippen molar-refractivity contribution in [2.45, 2.75) is 32.9 Å². The maximum Gasteiger partial charge on any atom is 0.410 e. The number of carbonyl (C=O) groups is 1. The van der Waals surface area contributed by atoms with E-state index in [1.165, 1.54) is 17.3 Å². The van der Waals surface area contributed by atoms with Gasteiger partial charge in [-0.25, -0.2) is 4.79 Å². The lowest BCUT2D eigenvalue weighted by Gasteiger charge is -2.30. The molecule has 0 saturated heterocycles. The van der Waals surface area contributed by atoms with Crippen molar-refractivity contribution in [2.24, 2.45) is 0 Å². The molecule has 0 bridgehead atoms. The smallest absolute Gasteiger partial charge is 0.410 e. The van der Waals surface area contributed by atoms with E-state index >= 15 is 0 Å². The standard InChI is InChI=1S/C12H18N2O3/c1-12(2,3)13(4)11(15)17-9-10-6-5-7-14(16)8-10/h5-8H,9H2,1-4H3. The molecule has 0 saturated carbocycles. The van der Waals surface area contributed by atoms with Gasteiger partial charge in [0.15, 0.2) is 12.4 Å². The van der Waals surface area contributed by atoms with Crippen LogP contribution >= 0.6 is 0 Å². The molecule has 1 heterocycles. The fourth-order valence-corrected chi connectivity index (χ4v) is 1.10. The van der Waals surface area contributed by atoms with Gasteiger partial charge in [0.2, 0.25) is 0 Å². The molecule has 1 amide bonds. The zero-order valence-corrected chi connectivity index (χ0v) is 10.6. The Morgan fingerprint density at radius 3 is 2.71 bits per heavy atom. The van der Waals surface area contributed by atoms with Gasteiger partial charge in [-0.15, -0.1) is 0 Å². The molecule has 1 aromatic rings. The molecular formula is C12H18N2O3. The predicted octanol–water partition coefficient (Wildman–Crippen LogP) is 1.69. The maximum absolute atomic E-state index is 11.7. The summed E-state index contributed by atoms with van der Waals surface area (Å²) in [4.78, 5) is 13.2. The molecule has 0 spiro atoms. The van der Waals surface area contributed by atoms with Gasteiger partial charge in [0.25, 0.3) is 0 Å². The summed E-state index contributed by atoms with van der Waals surface area (Å²) in [6.45, 7) is 5.86. The van der Waals surface area contributed by atoms with Crippen molar-refractivity contribution >= 4 is 6.09 Å². The van der Waals surface area contributed by atoms with Gasteiger partial charge >= 0.3 is 6.09 Å². The van der Waals surface area contributed by atoms with E-state index < -0.39 is 6.09 Å². The molecule has 1 rings (SSSR count). The van der Waals surface area contributed by atoms with E-state index in [0.29, 0.717) is 10.3 Å². The van der Waals surface area contributed by atoms with Crippen LogP contribution in [0.4, 0.5) is 4.79 Å². The molecule has 17 heavy (non-hydrogen) atoms. The van der Waals surface area contributed by atoms with Gasteiger partial charge in [-0.1, -0.05) is 0 Å². The first-order chi connectivity index (χ1) is 7.80. The lowest BCUT2D eigenvalue weighted by atomic mass is 10.1. The number of hydrogen-bond donors (Lipinski definition) is 0. The molecule has 5 nitrogen and oxygen atoms in total. The first-order valence-corrected chi connectivity index (χ1v) is 5.39. The molecule has 5 heteroatoms. The minimum absolute atomic E-state index is 0.0995. The second-order valence-electron chi connectivity index (χ2n) is 4.86. The lowest BCUT2D eigenvalue weighted by Crippen LogP contribution is -2.42. The quantitative estimate of drug-likeness (QED) is 0.582. The number of rotatable bonds is 2. The van der Waals surface area contributed by atoms with E-state index in [1.54, 1.807) is 19.2 Å². The molecule has 0 aliphatic heterocycles. The van der Waals surface area contributed by atoms with Gasteiger partial charge in [0.1, 0.15) is 6.61 Å². The summed E-state index contributed by atoms with van der Waals surface area (Å²) in [5.41, 5.74) is 0.379. The number of carbonyl (C=O) groups excluding carboxylic acids is 1. The summed E-state index contributed by atoms with van der Waals surface area (Å²) >= 11 is 0. The third-order valence-corrected chi connectivity index (χ3v) is 2.48. The van der Waals surface area contributed by atoms with Crippen molar-refractivity contribution in [3.8, 4) is 0 Å². The number of amides is 1. The van der Waals surface area contributed by atoms with Crippen LogP contribution in [0.25, 0.3) is 0 Å². The van der Waals surface area contributed by atoms with E-state index in [2.05, 4.69) is 0 Å². The van der Waals surface area contributed by atoms with Crippen LogP contribution in [0.2, 0.25) is 0 Å². The number of hydrogen-bond acceptors (Lipinski definition) is 3. The molecule has 1 aromatic heterocycles. The number of nitrogens with zero attached hydrogens (tertiary/aromatic N) is 2. The van der Waals surface area contributed by atoms with Crippen molar-refractivity contribution in [1.82, 2.24) is 4.90 Å². The van der Waals surface area contributed by atoms with Crippen molar-refractivity contribution < 1.29 is 14.3 Å². The molecule has 0 aromatic carbocycles. The molecule has 0 N–H and O–H groups in total. The van der Waals surface area contributed by atoms with Crippen LogP contribution in [0, 0.1) is 5.21 Å². The zero-order valence-electron chi connectivity index (χ0n) is 10.6. The largest absolute Gasteiger partial charge is 0.619 e. The van der Waals surface area contributed by atoms with Crippen LogP contribution in [0.5, 0.6) is 0 Å². The number of ether oxygens (including phenoxy) is 1. The average molecular weight is 238 g/mol. The molecular weight excluding hydrogens is 220 g/mol. The topological polar surface area (TPSA) is 56.5 Å². The second-order valence-corrected chi connectivity index (χ2v) is 4.86. The summed E-state index contributed by atoms with van der Waals surface area (Å²) in [6, 6.07) is 3.35. The van der Waals surface area contributed by atoms with E-state index in [0.717, 1.165) is 0 Å². The summed E-state index contributed by atoms with van der Waals surface area (Å²) in [5, 5.41) is 11.0. The Morgan fingerprint density at radius 1 is 1.53 bits per heavy atom. The monoisotopic (exact) mass is 238 g/mol. The Bertz CT molecular complexity index is 399. The van der Waals surface area contributed by atoms with Crippen LogP contribution in [0.15, 0.2) is 24.5 Å². The normalized spacial score (nSPS) is 11.1. The van der Waals surface area contributed by atoms with Gasteiger partial charge < -0.3 is 14.8 Å². The van der Waals surface area contributed by atoms with Gasteiger partial charge in [-0.2, -0.15) is 4.73 Å². The van der Waals surface area contributed by atoms with E-state index in [1.807, 2.05) is 20.8 Å². The van der Waals surface area contributed by atoms with Crippen LogP contribution < -0.4 is 4.73 Å². The predicted molar refractivity (Wildman–Crippen MR) is 63.1 cm³/mol. The van der Waals surface area contributed by atoms with E-state index in [9.17, 15) is 10.0 Å². The van der Waals surface area contributed by atoms with Gasteiger partial charge in [0.05, 0.1) is 5.56 Å². The minimum atomic E-state index is -0.404. The Labute approximate surface area is 101 Å². The molecule has 0 radical (unpaired) electrons. The zero-order chi connectivity index (χ0) is 13.1. The molecule has 0 atom stereocenters. The van der Waals surface area contributed by atoms with Crippen LogP contribution in [0.1, 0.15) is 26.3 Å². The first-order valence-electron chi connectivity index (χ1n) is 5.39. The highest BCUT2D eigenvalue weighted by atomic mass is 16.6. The van der Waals surface area contributed by atoms with Crippen LogP contribution in [0.3, 0.4) is 0 Å². The van der Waals surface area contributed by atoms with Gasteiger partial charge in [-0.05, 0) is 26.8 Å². The first kappa shape index (κ1) is 13.3. The Kier molecular flexibility index (Phi) is 3.93. The summed E-state index contributed by atoms with van der Waals surface area (Å²) in [6.07, 6.45) is 2.36. The minimum Gasteiger partial charge on any atom is -0.619 e. The molecule has 0 aliphatic carbocycles. The van der Waals surface area contributed by atoms with Gasteiger partial charge in [0, 0.05) is 18.7 Å². The summed E-state index contributed by atoms with van der Waals surface area (Å²) < 4.78 is 5.78. The molecule has 94 valence electrons. The summed E-state index contributed by atoms with van der Waals surface area (Å²) in [7, 11) is 1.68. The average Bonchev–Trinajstić information content (AvgIpc) is 2.23. The third-order valence-electron chi connectivity index (χ3n) is 2.48. The summed E-state index contributed by atoms with van der Waals surface area (Å²) in [5.74, 6) is 0. The van der Waals surface area contributed by atoms with Crippen LogP contribution in [-0.4, -0.2) is 23.6 Å².